The molecule has 0 atom stereocenters. The largest absolute Gasteiger partial charge is 0.457 e. The Morgan fingerprint density at radius 1 is 1.15 bits per heavy atom. The molecule has 1 amide bonds. The van der Waals surface area contributed by atoms with Crippen molar-refractivity contribution in [3.05, 3.63) is 72.6 Å². The lowest BCUT2D eigenvalue weighted by Gasteiger charge is -2.10. The third kappa shape index (κ3) is 4.31. The first-order chi connectivity index (χ1) is 15.9. The first-order valence-corrected chi connectivity index (χ1v) is 12.2. The lowest BCUT2D eigenvalue weighted by molar-refractivity contribution is 0.102. The molecule has 1 aliphatic carbocycles. The van der Waals surface area contributed by atoms with Crippen LogP contribution in [-0.2, 0) is 16.4 Å². The highest BCUT2D eigenvalue weighted by Gasteiger charge is 2.36. The number of hydrogen-bond acceptors (Lipinski definition) is 6. The molecule has 33 heavy (non-hydrogen) atoms. The van der Waals surface area contributed by atoms with Crippen LogP contribution in [0.25, 0.3) is 10.9 Å². The molecule has 9 heteroatoms. The number of fused-ring (bicyclic) bond motifs is 1. The summed E-state index contributed by atoms with van der Waals surface area (Å²) in [5, 5.41) is 7.77. The fraction of sp³-hybridized carbons (Fsp3) is 0.208. The molecule has 4 aromatic rings. The highest BCUT2D eigenvalue weighted by molar-refractivity contribution is 7.92. The van der Waals surface area contributed by atoms with Crippen molar-refractivity contribution in [3.63, 3.8) is 0 Å². The number of aryl methyl sites for hydroxylation is 1. The van der Waals surface area contributed by atoms with E-state index in [4.69, 9.17) is 4.74 Å². The van der Waals surface area contributed by atoms with Gasteiger partial charge in [-0.2, -0.15) is 5.10 Å². The first kappa shape index (κ1) is 21.1. The molecule has 0 aliphatic heterocycles. The van der Waals surface area contributed by atoms with E-state index >= 15 is 0 Å². The molecule has 0 radical (unpaired) electrons. The Morgan fingerprint density at radius 3 is 2.61 bits per heavy atom. The Balaban J connectivity index is 1.47. The van der Waals surface area contributed by atoms with Gasteiger partial charge in [-0.05, 0) is 68.3 Å². The molecule has 1 fully saturated rings. The van der Waals surface area contributed by atoms with E-state index in [1.807, 2.05) is 13.1 Å². The van der Waals surface area contributed by atoms with Gasteiger partial charge in [0.1, 0.15) is 17.3 Å². The monoisotopic (exact) mass is 462 g/mol. The lowest BCUT2D eigenvalue weighted by Crippen LogP contribution is -2.13. The van der Waals surface area contributed by atoms with Gasteiger partial charge in [-0.15, -0.1) is 0 Å². The number of anilines is 1. The normalized spacial score (nSPS) is 13.7. The molecule has 2 heterocycles. The van der Waals surface area contributed by atoms with E-state index < -0.39 is 9.84 Å². The maximum absolute atomic E-state index is 12.9. The van der Waals surface area contributed by atoms with Crippen LogP contribution in [0.4, 0.5) is 5.82 Å². The van der Waals surface area contributed by atoms with Gasteiger partial charge in [0.2, 0.25) is 0 Å². The first-order valence-electron chi connectivity index (χ1n) is 10.7. The zero-order valence-corrected chi connectivity index (χ0v) is 18.7. The zero-order chi connectivity index (χ0) is 23.0. The molecule has 0 bridgehead atoms. The van der Waals surface area contributed by atoms with Crippen LogP contribution in [0.5, 0.6) is 11.5 Å². The molecule has 168 valence electrons. The average Bonchev–Trinajstić information content (AvgIpc) is 3.60. The Labute approximate surface area is 191 Å². The summed E-state index contributed by atoms with van der Waals surface area (Å²) in [7, 11) is -3.27. The van der Waals surface area contributed by atoms with Crippen molar-refractivity contribution in [1.29, 1.82) is 0 Å². The Hall–Kier alpha value is -3.72. The maximum atomic E-state index is 12.9. The number of nitrogens with zero attached hydrogens (tertiary/aromatic N) is 3. The predicted octanol–water partition coefficient (Wildman–Crippen LogP) is 4.43. The Kier molecular flexibility index (Phi) is 5.33. The standard InChI is InChI=1S/C24H22N4O4S/c1-2-28-15-20-21(27-28)13-16(24(29)26-23-5-3-4-12-25-23)14-22(20)32-17-6-8-18(9-7-17)33(30,31)19-10-11-19/h3-9,12-15,19H,2,10-11H2,1H3,(H,25,26,29). The van der Waals surface area contributed by atoms with Crippen LogP contribution in [-0.4, -0.2) is 34.3 Å². The van der Waals surface area contributed by atoms with Crippen molar-refractivity contribution in [2.45, 2.75) is 36.5 Å². The number of sulfone groups is 1. The Morgan fingerprint density at radius 2 is 1.94 bits per heavy atom. The van der Waals surface area contributed by atoms with Crippen LogP contribution in [0.2, 0.25) is 0 Å². The molecule has 8 nitrogen and oxygen atoms in total. The van der Waals surface area contributed by atoms with E-state index in [0.29, 0.717) is 52.7 Å². The Bertz CT molecular complexity index is 1430. The summed E-state index contributed by atoms with van der Waals surface area (Å²) in [4.78, 5) is 17.3. The van der Waals surface area contributed by atoms with Gasteiger partial charge < -0.3 is 10.1 Å². The van der Waals surface area contributed by atoms with Crippen molar-refractivity contribution in [1.82, 2.24) is 14.8 Å². The molecular weight excluding hydrogens is 440 g/mol. The summed E-state index contributed by atoms with van der Waals surface area (Å²) in [6.07, 6.45) is 4.89. The number of hydrogen-bond donors (Lipinski definition) is 1. The van der Waals surface area contributed by atoms with E-state index in [-0.39, 0.29) is 11.2 Å². The minimum atomic E-state index is -3.27. The summed E-state index contributed by atoms with van der Waals surface area (Å²) >= 11 is 0. The quantitative estimate of drug-likeness (QED) is 0.436. The minimum absolute atomic E-state index is 0.266. The highest BCUT2D eigenvalue weighted by atomic mass is 32.2. The fourth-order valence-corrected chi connectivity index (χ4v) is 5.20. The summed E-state index contributed by atoms with van der Waals surface area (Å²) in [6, 6.07) is 15.0. The summed E-state index contributed by atoms with van der Waals surface area (Å²) in [5.74, 6) is 1.03. The van der Waals surface area contributed by atoms with Crippen LogP contribution < -0.4 is 10.1 Å². The smallest absolute Gasteiger partial charge is 0.257 e. The van der Waals surface area contributed by atoms with Crippen molar-refractivity contribution < 1.29 is 17.9 Å². The number of carbonyl (C=O) groups is 1. The SMILES string of the molecule is CCn1cc2c(Oc3ccc(S(=O)(=O)C4CC4)cc3)cc(C(=O)Nc3ccccn3)cc2n1. The van der Waals surface area contributed by atoms with Crippen LogP contribution in [0.15, 0.2) is 71.9 Å². The van der Waals surface area contributed by atoms with Crippen molar-refractivity contribution in [2.75, 3.05) is 5.32 Å². The number of rotatable bonds is 7. The van der Waals surface area contributed by atoms with Gasteiger partial charge in [0.25, 0.3) is 5.91 Å². The van der Waals surface area contributed by atoms with Gasteiger partial charge >= 0.3 is 0 Å². The molecule has 1 aliphatic rings. The third-order valence-electron chi connectivity index (χ3n) is 5.47. The third-order valence-corrected chi connectivity index (χ3v) is 7.75. The van der Waals surface area contributed by atoms with Gasteiger partial charge in [-0.25, -0.2) is 13.4 Å². The van der Waals surface area contributed by atoms with Crippen molar-refractivity contribution >= 4 is 32.5 Å². The summed E-state index contributed by atoms with van der Waals surface area (Å²) in [6.45, 7) is 2.64. The number of ether oxygens (including phenoxy) is 1. The van der Waals surface area contributed by atoms with Gasteiger partial charge in [0.05, 0.1) is 21.0 Å². The maximum Gasteiger partial charge on any atom is 0.257 e. The molecule has 0 saturated heterocycles. The molecular formula is C24H22N4O4S. The minimum Gasteiger partial charge on any atom is -0.457 e. The van der Waals surface area contributed by atoms with Gasteiger partial charge in [-0.3, -0.25) is 9.48 Å². The predicted molar refractivity (Wildman–Crippen MR) is 124 cm³/mol. The van der Waals surface area contributed by atoms with Crippen LogP contribution in [0.1, 0.15) is 30.1 Å². The number of carbonyl (C=O) groups excluding carboxylic acids is 1. The molecule has 0 unspecified atom stereocenters. The molecule has 1 N–H and O–H groups in total. The summed E-state index contributed by atoms with van der Waals surface area (Å²) < 4.78 is 32.7. The number of benzene rings is 2. The molecule has 5 rings (SSSR count). The number of aromatic nitrogens is 3. The number of pyridine rings is 1. The number of amides is 1. The highest BCUT2D eigenvalue weighted by Crippen LogP contribution is 2.35. The van der Waals surface area contributed by atoms with Crippen molar-refractivity contribution in [2.24, 2.45) is 0 Å². The van der Waals surface area contributed by atoms with Gasteiger partial charge in [0.15, 0.2) is 9.84 Å². The molecule has 2 aromatic carbocycles. The zero-order valence-electron chi connectivity index (χ0n) is 17.9. The van der Waals surface area contributed by atoms with E-state index in [1.54, 1.807) is 65.5 Å². The fourth-order valence-electron chi connectivity index (χ4n) is 3.54. The van der Waals surface area contributed by atoms with E-state index in [9.17, 15) is 13.2 Å². The summed E-state index contributed by atoms with van der Waals surface area (Å²) in [5.41, 5.74) is 0.992. The topological polar surface area (TPSA) is 103 Å². The average molecular weight is 463 g/mol. The van der Waals surface area contributed by atoms with E-state index in [1.165, 1.54) is 0 Å². The van der Waals surface area contributed by atoms with Gasteiger partial charge in [0, 0.05) is 24.5 Å². The van der Waals surface area contributed by atoms with Crippen molar-refractivity contribution in [3.8, 4) is 11.5 Å². The van der Waals surface area contributed by atoms with Crippen LogP contribution >= 0.6 is 0 Å². The van der Waals surface area contributed by atoms with E-state index in [0.717, 1.165) is 5.39 Å². The van der Waals surface area contributed by atoms with Crippen LogP contribution in [0.3, 0.4) is 0 Å². The lowest BCUT2D eigenvalue weighted by atomic mass is 10.1. The van der Waals surface area contributed by atoms with Gasteiger partial charge in [-0.1, -0.05) is 6.07 Å². The second kappa shape index (κ2) is 8.32. The van der Waals surface area contributed by atoms with E-state index in [2.05, 4.69) is 15.4 Å². The van der Waals surface area contributed by atoms with Crippen LogP contribution in [0, 0.1) is 0 Å². The second-order valence-electron chi connectivity index (χ2n) is 7.88. The molecule has 0 spiro atoms. The molecule has 2 aromatic heterocycles. The number of nitrogens with one attached hydrogen (secondary N) is 1. The second-order valence-corrected chi connectivity index (χ2v) is 10.1. The molecule has 1 saturated carbocycles.